The smallest absolute Gasteiger partial charge is 0.0713 e. The Morgan fingerprint density at radius 3 is 3.00 bits per heavy atom. The van der Waals surface area contributed by atoms with Crippen LogP contribution in [0, 0.1) is 0 Å². The van der Waals surface area contributed by atoms with Crippen molar-refractivity contribution in [1.82, 2.24) is 4.98 Å². The maximum absolute atomic E-state index is 5.07. The lowest BCUT2D eigenvalue weighted by atomic mass is 10.1. The van der Waals surface area contributed by atoms with Crippen molar-refractivity contribution in [1.29, 1.82) is 0 Å². The lowest BCUT2D eigenvalue weighted by Gasteiger charge is -2.03. The Labute approximate surface area is 88.3 Å². The molecule has 0 aliphatic heterocycles. The minimum Gasteiger partial charge on any atom is -0.380 e. The summed E-state index contributed by atoms with van der Waals surface area (Å²) in [6.07, 6.45) is 1.76. The number of fused-ring (bicyclic) bond motifs is 1. The van der Waals surface area contributed by atoms with Crippen LogP contribution in [0.4, 0.5) is 0 Å². The molecule has 1 heterocycles. The van der Waals surface area contributed by atoms with Crippen molar-refractivity contribution < 1.29 is 4.74 Å². The molecule has 0 N–H and O–H groups in total. The molecule has 2 nitrogen and oxygen atoms in total. The van der Waals surface area contributed by atoms with E-state index in [1.165, 1.54) is 0 Å². The fourth-order valence-electron chi connectivity index (χ4n) is 1.44. The molecular weight excluding hydrogens is 194 g/mol. The fraction of sp³-hybridized carbons (Fsp3) is 0.182. The number of hydrogen-bond donors (Lipinski definition) is 1. The van der Waals surface area contributed by atoms with Crippen LogP contribution in [-0.4, -0.2) is 12.1 Å². The van der Waals surface area contributed by atoms with Gasteiger partial charge in [-0.2, -0.15) is 0 Å². The van der Waals surface area contributed by atoms with Crippen LogP contribution in [-0.2, 0) is 11.3 Å². The van der Waals surface area contributed by atoms with E-state index in [2.05, 4.69) is 23.7 Å². The van der Waals surface area contributed by atoms with E-state index >= 15 is 0 Å². The van der Waals surface area contributed by atoms with Gasteiger partial charge in [-0.05, 0) is 23.8 Å². The summed E-state index contributed by atoms with van der Waals surface area (Å²) < 4.78 is 5.07. The van der Waals surface area contributed by atoms with E-state index in [0.717, 1.165) is 21.4 Å². The molecule has 0 unspecified atom stereocenters. The van der Waals surface area contributed by atoms with E-state index in [-0.39, 0.29) is 0 Å². The zero-order valence-corrected chi connectivity index (χ0v) is 8.79. The largest absolute Gasteiger partial charge is 0.380 e. The van der Waals surface area contributed by atoms with Crippen LogP contribution >= 0.6 is 12.6 Å². The van der Waals surface area contributed by atoms with Gasteiger partial charge in [-0.1, -0.05) is 6.07 Å². The monoisotopic (exact) mass is 205 g/mol. The zero-order valence-electron chi connectivity index (χ0n) is 7.90. The van der Waals surface area contributed by atoms with Crippen molar-refractivity contribution in [3.8, 4) is 0 Å². The van der Waals surface area contributed by atoms with Gasteiger partial charge in [0.25, 0.3) is 0 Å². The molecule has 1 aromatic carbocycles. The molecule has 0 amide bonds. The van der Waals surface area contributed by atoms with E-state index in [0.29, 0.717) is 6.61 Å². The van der Waals surface area contributed by atoms with Crippen LogP contribution in [0.5, 0.6) is 0 Å². The van der Waals surface area contributed by atoms with Crippen LogP contribution in [0.2, 0.25) is 0 Å². The number of pyridine rings is 1. The second-order valence-corrected chi connectivity index (χ2v) is 3.60. The second-order valence-electron chi connectivity index (χ2n) is 3.11. The third-order valence-electron chi connectivity index (χ3n) is 2.09. The molecule has 0 bridgehead atoms. The molecule has 0 spiro atoms. The molecule has 2 aromatic rings. The molecule has 0 saturated carbocycles. The van der Waals surface area contributed by atoms with Crippen molar-refractivity contribution in [2.24, 2.45) is 0 Å². The highest BCUT2D eigenvalue weighted by Crippen LogP contribution is 2.21. The Morgan fingerprint density at radius 2 is 2.21 bits per heavy atom. The number of nitrogens with zero attached hydrogens (tertiary/aromatic N) is 1. The topological polar surface area (TPSA) is 22.1 Å². The normalized spacial score (nSPS) is 10.7. The van der Waals surface area contributed by atoms with Crippen LogP contribution in [0.25, 0.3) is 10.9 Å². The van der Waals surface area contributed by atoms with Gasteiger partial charge in [0.1, 0.15) is 0 Å². The van der Waals surface area contributed by atoms with E-state index in [1.54, 1.807) is 13.3 Å². The zero-order chi connectivity index (χ0) is 9.97. The van der Waals surface area contributed by atoms with E-state index in [4.69, 9.17) is 4.74 Å². The number of hydrogen-bond acceptors (Lipinski definition) is 3. The minimum absolute atomic E-state index is 0.623. The highest BCUT2D eigenvalue weighted by molar-refractivity contribution is 7.80. The first-order valence-corrected chi connectivity index (χ1v) is 4.81. The van der Waals surface area contributed by atoms with E-state index in [9.17, 15) is 0 Å². The van der Waals surface area contributed by atoms with Crippen molar-refractivity contribution in [3.63, 3.8) is 0 Å². The van der Waals surface area contributed by atoms with E-state index in [1.807, 2.05) is 18.2 Å². The Hall–Kier alpha value is -1.06. The molecule has 0 aliphatic carbocycles. The summed E-state index contributed by atoms with van der Waals surface area (Å²) in [6.45, 7) is 0.623. The van der Waals surface area contributed by atoms with Crippen LogP contribution < -0.4 is 0 Å². The Kier molecular flexibility index (Phi) is 2.70. The molecule has 2 rings (SSSR count). The average molecular weight is 205 g/mol. The second kappa shape index (κ2) is 3.98. The first-order chi connectivity index (χ1) is 6.81. The van der Waals surface area contributed by atoms with Crippen molar-refractivity contribution in [2.45, 2.75) is 11.5 Å². The van der Waals surface area contributed by atoms with E-state index < -0.39 is 0 Å². The first kappa shape index (κ1) is 9.49. The predicted octanol–water partition coefficient (Wildman–Crippen LogP) is 2.67. The number of ether oxygens (including phenoxy) is 1. The lowest BCUT2D eigenvalue weighted by molar-refractivity contribution is 0.185. The number of aromatic nitrogens is 1. The SMILES string of the molecule is COCc1ccc2nccc(S)c2c1. The minimum atomic E-state index is 0.623. The van der Waals surface area contributed by atoms with Gasteiger partial charge in [-0.15, -0.1) is 12.6 Å². The van der Waals surface area contributed by atoms with Gasteiger partial charge in [-0.3, -0.25) is 4.98 Å². The van der Waals surface area contributed by atoms with Gasteiger partial charge in [-0.25, -0.2) is 0 Å². The highest BCUT2D eigenvalue weighted by atomic mass is 32.1. The van der Waals surface area contributed by atoms with Gasteiger partial charge in [0.15, 0.2) is 0 Å². The van der Waals surface area contributed by atoms with Gasteiger partial charge in [0.2, 0.25) is 0 Å². The summed E-state index contributed by atoms with van der Waals surface area (Å²) >= 11 is 4.38. The molecular formula is C11H11NOS. The summed E-state index contributed by atoms with van der Waals surface area (Å²) in [5.74, 6) is 0. The van der Waals surface area contributed by atoms with Crippen molar-refractivity contribution >= 4 is 23.5 Å². The Morgan fingerprint density at radius 1 is 1.36 bits per heavy atom. The molecule has 1 aromatic heterocycles. The molecule has 0 radical (unpaired) electrons. The molecule has 3 heteroatoms. The summed E-state index contributed by atoms with van der Waals surface area (Å²) in [5, 5.41) is 1.07. The quantitative estimate of drug-likeness (QED) is 0.761. The maximum Gasteiger partial charge on any atom is 0.0713 e. The third kappa shape index (κ3) is 1.74. The summed E-state index contributed by atoms with van der Waals surface area (Å²) in [5.41, 5.74) is 2.11. The number of rotatable bonds is 2. The number of benzene rings is 1. The first-order valence-electron chi connectivity index (χ1n) is 4.37. The summed E-state index contributed by atoms with van der Waals surface area (Å²) in [4.78, 5) is 5.21. The highest BCUT2D eigenvalue weighted by Gasteiger charge is 1.99. The van der Waals surface area contributed by atoms with Gasteiger partial charge >= 0.3 is 0 Å². The molecule has 0 atom stereocenters. The predicted molar refractivity (Wildman–Crippen MR) is 59.7 cm³/mol. The Balaban J connectivity index is 2.58. The average Bonchev–Trinajstić information content (AvgIpc) is 2.20. The van der Waals surface area contributed by atoms with Gasteiger partial charge in [0, 0.05) is 23.6 Å². The standard InChI is InChI=1S/C11H11NOS/c1-13-7-8-2-3-10-9(6-8)11(14)4-5-12-10/h2-6H,7H2,1H3,(H,12,14). The number of methoxy groups -OCH3 is 1. The third-order valence-corrected chi connectivity index (χ3v) is 2.48. The summed E-state index contributed by atoms with van der Waals surface area (Å²) in [6, 6.07) is 7.96. The fourth-order valence-corrected chi connectivity index (χ4v) is 1.68. The molecule has 14 heavy (non-hydrogen) atoms. The lowest BCUT2D eigenvalue weighted by Crippen LogP contribution is -1.88. The molecule has 0 saturated heterocycles. The Bertz CT molecular complexity index is 456. The molecule has 0 aliphatic rings. The van der Waals surface area contributed by atoms with Crippen LogP contribution in [0.15, 0.2) is 35.4 Å². The van der Waals surface area contributed by atoms with Crippen molar-refractivity contribution in [2.75, 3.05) is 7.11 Å². The van der Waals surface area contributed by atoms with Gasteiger partial charge < -0.3 is 4.74 Å². The van der Waals surface area contributed by atoms with Gasteiger partial charge in [0.05, 0.1) is 12.1 Å². The van der Waals surface area contributed by atoms with Crippen LogP contribution in [0.1, 0.15) is 5.56 Å². The summed E-state index contributed by atoms with van der Waals surface area (Å²) in [7, 11) is 1.69. The molecule has 0 fully saturated rings. The molecule has 72 valence electrons. The van der Waals surface area contributed by atoms with Crippen molar-refractivity contribution in [3.05, 3.63) is 36.0 Å². The number of thiol groups is 1. The van der Waals surface area contributed by atoms with Crippen LogP contribution in [0.3, 0.4) is 0 Å². The maximum atomic E-state index is 5.07.